The molecule has 2 N–H and O–H groups in total. The highest BCUT2D eigenvalue weighted by Crippen LogP contribution is 2.30. The molecule has 0 amide bonds. The Morgan fingerprint density at radius 2 is 0.870 bits per heavy atom. The molecular formula is C21H22NS+. The molecule has 23 heavy (non-hydrogen) atoms. The molecule has 0 atom stereocenters. The van der Waals surface area contributed by atoms with Crippen LogP contribution in [0.2, 0.25) is 0 Å². The second-order valence-corrected chi connectivity index (χ2v) is 6.80. The first-order chi connectivity index (χ1) is 11.4. The van der Waals surface area contributed by atoms with Gasteiger partial charge in [0.2, 0.25) is 0 Å². The van der Waals surface area contributed by atoms with E-state index in [1.54, 1.807) is 6.08 Å². The summed E-state index contributed by atoms with van der Waals surface area (Å²) in [6.07, 6.45) is 3.28. The topological polar surface area (TPSA) is 26.0 Å². The van der Waals surface area contributed by atoms with E-state index >= 15 is 0 Å². The summed E-state index contributed by atoms with van der Waals surface area (Å²) in [4.78, 5) is 4.08. The summed E-state index contributed by atoms with van der Waals surface area (Å²) >= 11 is 0. The maximum absolute atomic E-state index is 4.85. The van der Waals surface area contributed by atoms with Crippen LogP contribution in [-0.2, 0) is 10.9 Å². The van der Waals surface area contributed by atoms with Crippen molar-refractivity contribution in [2.75, 3.05) is 0 Å². The molecule has 0 aliphatic heterocycles. The van der Waals surface area contributed by atoms with Crippen LogP contribution in [-0.4, -0.2) is 0 Å². The van der Waals surface area contributed by atoms with Gasteiger partial charge in [-0.3, -0.25) is 0 Å². The Labute approximate surface area is 141 Å². The fourth-order valence-electron chi connectivity index (χ4n) is 2.08. The minimum atomic E-state index is -0.0146. The van der Waals surface area contributed by atoms with Crippen molar-refractivity contribution in [2.24, 2.45) is 5.73 Å². The third-order valence-corrected chi connectivity index (χ3v) is 5.36. The van der Waals surface area contributed by atoms with Gasteiger partial charge < -0.3 is 5.73 Å². The minimum Gasteiger partial charge on any atom is -0.405 e. The van der Waals surface area contributed by atoms with Crippen molar-refractivity contribution in [1.82, 2.24) is 0 Å². The zero-order valence-electron chi connectivity index (χ0n) is 13.3. The Kier molecular flexibility index (Phi) is 7.02. The molecule has 3 rings (SSSR count). The molecule has 0 bridgehead atoms. The molecule has 3 aromatic carbocycles. The van der Waals surface area contributed by atoms with Crippen LogP contribution >= 0.6 is 0 Å². The Bertz CT molecular complexity index is 596. The zero-order chi connectivity index (χ0) is 16.3. The van der Waals surface area contributed by atoms with Gasteiger partial charge in [0.1, 0.15) is 0 Å². The lowest BCUT2D eigenvalue weighted by molar-refractivity contribution is 1.32. The quantitative estimate of drug-likeness (QED) is 0.654. The molecule has 2 heteroatoms. The molecule has 3 aromatic rings. The van der Waals surface area contributed by atoms with Crippen LogP contribution < -0.4 is 5.73 Å². The van der Waals surface area contributed by atoms with Crippen molar-refractivity contribution in [3.63, 3.8) is 0 Å². The molecular weight excluding hydrogens is 298 g/mol. The second-order valence-electron chi connectivity index (χ2n) is 4.77. The maximum atomic E-state index is 4.85. The van der Waals surface area contributed by atoms with Gasteiger partial charge in [-0.05, 0) is 49.5 Å². The molecule has 116 valence electrons. The van der Waals surface area contributed by atoms with Gasteiger partial charge in [-0.15, -0.1) is 0 Å². The van der Waals surface area contributed by atoms with Crippen LogP contribution in [0.25, 0.3) is 0 Å². The van der Waals surface area contributed by atoms with Crippen LogP contribution in [0.5, 0.6) is 0 Å². The van der Waals surface area contributed by atoms with Gasteiger partial charge in [0, 0.05) is 0 Å². The average molecular weight is 320 g/mol. The highest BCUT2D eigenvalue weighted by atomic mass is 32.2. The highest BCUT2D eigenvalue weighted by molar-refractivity contribution is 7.97. The van der Waals surface area contributed by atoms with E-state index in [-0.39, 0.29) is 10.9 Å². The lowest BCUT2D eigenvalue weighted by Crippen LogP contribution is -2.04. The lowest BCUT2D eigenvalue weighted by Gasteiger charge is -2.07. The van der Waals surface area contributed by atoms with E-state index in [9.17, 15) is 0 Å². The van der Waals surface area contributed by atoms with E-state index < -0.39 is 0 Å². The number of hydrogen-bond donors (Lipinski definition) is 1. The summed E-state index contributed by atoms with van der Waals surface area (Å²) in [7, 11) is -0.0146. The van der Waals surface area contributed by atoms with E-state index in [2.05, 4.69) is 91.0 Å². The molecule has 0 aliphatic rings. The summed E-state index contributed by atoms with van der Waals surface area (Å²) in [6, 6.07) is 32.2. The summed E-state index contributed by atoms with van der Waals surface area (Å²) in [6.45, 7) is 1.88. The zero-order valence-corrected chi connectivity index (χ0v) is 14.1. The lowest BCUT2D eigenvalue weighted by atomic mass is 10.4. The number of nitrogens with two attached hydrogens (primary N) is 1. The van der Waals surface area contributed by atoms with E-state index in [0.29, 0.717) is 0 Å². The van der Waals surface area contributed by atoms with Crippen molar-refractivity contribution in [2.45, 2.75) is 21.6 Å². The molecule has 0 radical (unpaired) electrons. The first-order valence-corrected chi connectivity index (χ1v) is 8.81. The van der Waals surface area contributed by atoms with Crippen LogP contribution in [0, 0.1) is 0 Å². The molecule has 0 saturated carbocycles. The summed E-state index contributed by atoms with van der Waals surface area (Å²) < 4.78 is 0. The van der Waals surface area contributed by atoms with Crippen LogP contribution in [0.4, 0.5) is 0 Å². The second kappa shape index (κ2) is 9.54. The third-order valence-electron chi connectivity index (χ3n) is 3.13. The normalized spacial score (nSPS) is 10.3. The molecule has 0 aliphatic carbocycles. The van der Waals surface area contributed by atoms with E-state index in [1.165, 1.54) is 20.9 Å². The molecule has 0 aromatic heterocycles. The van der Waals surface area contributed by atoms with Gasteiger partial charge in [0.25, 0.3) is 0 Å². The van der Waals surface area contributed by atoms with Crippen molar-refractivity contribution >= 4 is 10.9 Å². The summed E-state index contributed by atoms with van der Waals surface area (Å²) in [5, 5.41) is 0. The summed E-state index contributed by atoms with van der Waals surface area (Å²) in [5.41, 5.74) is 4.85. The predicted molar refractivity (Wildman–Crippen MR) is 100 cm³/mol. The number of rotatable bonds is 3. The average Bonchev–Trinajstić information content (AvgIpc) is 2.65. The third kappa shape index (κ3) is 5.04. The maximum Gasteiger partial charge on any atom is 0.166 e. The SMILES string of the molecule is C/C=C\N.c1ccc([S+](c2ccccc2)c2ccccc2)cc1. The smallest absolute Gasteiger partial charge is 0.166 e. The number of benzene rings is 3. The van der Waals surface area contributed by atoms with Crippen LogP contribution in [0.15, 0.2) is 118 Å². The van der Waals surface area contributed by atoms with Crippen molar-refractivity contribution in [1.29, 1.82) is 0 Å². The number of hydrogen-bond acceptors (Lipinski definition) is 1. The molecule has 1 nitrogen and oxygen atoms in total. The van der Waals surface area contributed by atoms with Crippen LogP contribution in [0.3, 0.4) is 0 Å². The van der Waals surface area contributed by atoms with Gasteiger partial charge >= 0.3 is 0 Å². The van der Waals surface area contributed by atoms with Gasteiger partial charge in [-0.25, -0.2) is 0 Å². The van der Waals surface area contributed by atoms with Gasteiger partial charge in [0.05, 0.1) is 10.9 Å². The minimum absolute atomic E-state index is 0.0146. The molecule has 0 saturated heterocycles. The van der Waals surface area contributed by atoms with E-state index in [1.807, 2.05) is 6.92 Å². The van der Waals surface area contributed by atoms with Gasteiger partial charge in [0.15, 0.2) is 14.7 Å². The molecule has 0 spiro atoms. The predicted octanol–water partition coefficient (Wildman–Crippen LogP) is 5.26. The van der Waals surface area contributed by atoms with E-state index in [0.717, 1.165) is 0 Å². The monoisotopic (exact) mass is 320 g/mol. The summed E-state index contributed by atoms with van der Waals surface area (Å²) in [5.74, 6) is 0. The Hall–Kier alpha value is -2.45. The first kappa shape index (κ1) is 16.9. The Balaban J connectivity index is 0.000000433. The molecule has 0 heterocycles. The van der Waals surface area contributed by atoms with Gasteiger partial charge in [-0.2, -0.15) is 0 Å². The fourth-order valence-corrected chi connectivity index (χ4v) is 4.18. The Morgan fingerprint density at radius 3 is 1.09 bits per heavy atom. The number of allylic oxidation sites excluding steroid dienone is 1. The van der Waals surface area contributed by atoms with Crippen molar-refractivity contribution in [3.8, 4) is 0 Å². The van der Waals surface area contributed by atoms with Crippen LogP contribution in [0.1, 0.15) is 6.92 Å². The molecule has 0 fully saturated rings. The fraction of sp³-hybridized carbons (Fsp3) is 0.0476. The van der Waals surface area contributed by atoms with Crippen molar-refractivity contribution < 1.29 is 0 Å². The largest absolute Gasteiger partial charge is 0.405 e. The standard InChI is InChI=1S/C18H15S.C3H7N/c1-4-10-16(11-5-1)19(17-12-6-2-7-13-17)18-14-8-3-9-15-18;1-2-3-4/h1-15H;2-3H,4H2,1H3/q+1;/b;3-2-. The van der Waals surface area contributed by atoms with Crippen molar-refractivity contribution in [3.05, 3.63) is 103 Å². The highest BCUT2D eigenvalue weighted by Gasteiger charge is 2.27. The Morgan fingerprint density at radius 1 is 0.609 bits per heavy atom. The molecule has 0 unspecified atom stereocenters. The van der Waals surface area contributed by atoms with Gasteiger partial charge in [-0.1, -0.05) is 60.7 Å². The first-order valence-electron chi connectivity index (χ1n) is 7.59. The van der Waals surface area contributed by atoms with E-state index in [4.69, 9.17) is 5.73 Å².